The molecule has 0 aliphatic rings. The van der Waals surface area contributed by atoms with Crippen LogP contribution < -0.4 is 10.6 Å². The molecule has 0 bridgehead atoms. The van der Waals surface area contributed by atoms with Crippen LogP contribution in [0.5, 0.6) is 0 Å². The molecule has 0 aromatic carbocycles. The number of hydrogen-bond donors (Lipinski definition) is 3. The molecule has 3 N–H and O–H groups in total. The number of hydrogen-bond acceptors (Lipinski definition) is 3. The van der Waals surface area contributed by atoms with Gasteiger partial charge >= 0.3 is 0 Å². The minimum Gasteiger partial charge on any atom is -0.396 e. The van der Waals surface area contributed by atoms with Gasteiger partial charge in [-0.1, -0.05) is 13.8 Å². The van der Waals surface area contributed by atoms with Crippen LogP contribution in [0.25, 0.3) is 0 Å². The van der Waals surface area contributed by atoms with E-state index < -0.39 is 0 Å². The van der Waals surface area contributed by atoms with Crippen molar-refractivity contribution in [2.24, 2.45) is 5.41 Å². The molecule has 0 aliphatic heterocycles. The molecule has 0 rings (SSSR count). The van der Waals surface area contributed by atoms with Gasteiger partial charge in [-0.05, 0) is 11.8 Å². The molecule has 0 atom stereocenters. The van der Waals surface area contributed by atoms with E-state index in [0.717, 1.165) is 13.0 Å². The normalized spacial score (nSPS) is 11.4. The summed E-state index contributed by atoms with van der Waals surface area (Å²) >= 11 is 0. The smallest absolute Gasteiger partial charge is 0.221 e. The second kappa shape index (κ2) is 6.79. The zero-order chi connectivity index (χ0) is 11.0. The number of amides is 1. The minimum atomic E-state index is 0.0532. The lowest BCUT2D eigenvalue weighted by molar-refractivity contribution is -0.120. The topological polar surface area (TPSA) is 61.4 Å². The quantitative estimate of drug-likeness (QED) is 0.514. The minimum absolute atomic E-state index is 0.0532. The summed E-state index contributed by atoms with van der Waals surface area (Å²) in [6.45, 7) is 5.91. The van der Waals surface area contributed by atoms with E-state index in [2.05, 4.69) is 24.5 Å². The van der Waals surface area contributed by atoms with E-state index in [4.69, 9.17) is 5.11 Å². The van der Waals surface area contributed by atoms with Crippen LogP contribution in [0.3, 0.4) is 0 Å². The third-order valence-electron chi connectivity index (χ3n) is 2.20. The molecule has 0 saturated carbocycles. The average Bonchev–Trinajstić information content (AvgIpc) is 2.12. The summed E-state index contributed by atoms with van der Waals surface area (Å²) in [7, 11) is 1.64. The highest BCUT2D eigenvalue weighted by molar-refractivity contribution is 5.75. The summed E-state index contributed by atoms with van der Waals surface area (Å²) in [5, 5.41) is 14.6. The Morgan fingerprint density at radius 2 is 2.07 bits per heavy atom. The predicted molar refractivity (Wildman–Crippen MR) is 57.0 cm³/mol. The Kier molecular flexibility index (Phi) is 6.49. The Hall–Kier alpha value is -0.610. The maximum atomic E-state index is 10.9. The number of carbonyl (C=O) groups is 1. The molecular formula is C10H22N2O2. The first kappa shape index (κ1) is 13.4. The van der Waals surface area contributed by atoms with Crippen LogP contribution in [-0.2, 0) is 4.79 Å². The lowest BCUT2D eigenvalue weighted by atomic mass is 9.90. The van der Waals surface area contributed by atoms with Crippen LogP contribution >= 0.6 is 0 Å². The van der Waals surface area contributed by atoms with E-state index in [1.165, 1.54) is 0 Å². The van der Waals surface area contributed by atoms with Gasteiger partial charge in [-0.25, -0.2) is 0 Å². The van der Waals surface area contributed by atoms with E-state index in [1.54, 1.807) is 7.05 Å². The Balaban J connectivity index is 3.48. The summed E-state index contributed by atoms with van der Waals surface area (Å²) in [4.78, 5) is 10.9. The Labute approximate surface area is 86.1 Å². The first-order valence-corrected chi connectivity index (χ1v) is 5.04. The summed E-state index contributed by atoms with van der Waals surface area (Å²) in [6.07, 6.45) is 1.28. The van der Waals surface area contributed by atoms with Gasteiger partial charge in [0.2, 0.25) is 5.91 Å². The summed E-state index contributed by atoms with van der Waals surface area (Å²) in [5.41, 5.74) is 0.0947. The van der Waals surface area contributed by atoms with Gasteiger partial charge in [0.15, 0.2) is 0 Å². The van der Waals surface area contributed by atoms with Crippen LogP contribution in [0.2, 0.25) is 0 Å². The molecule has 0 aromatic heterocycles. The molecule has 0 saturated heterocycles. The predicted octanol–water partition coefficient (Wildman–Crippen LogP) is 0.121. The first-order valence-electron chi connectivity index (χ1n) is 5.04. The third-order valence-corrected chi connectivity index (χ3v) is 2.20. The highest BCUT2D eigenvalue weighted by Crippen LogP contribution is 2.17. The Morgan fingerprint density at radius 3 is 2.57 bits per heavy atom. The second-order valence-corrected chi connectivity index (χ2v) is 4.24. The molecule has 1 amide bonds. The van der Waals surface area contributed by atoms with Gasteiger partial charge in [0.05, 0.1) is 0 Å². The highest BCUT2D eigenvalue weighted by Gasteiger charge is 2.16. The molecule has 0 spiro atoms. The molecule has 0 heterocycles. The van der Waals surface area contributed by atoms with Crippen molar-refractivity contribution >= 4 is 5.91 Å². The molecule has 0 radical (unpaired) electrons. The van der Waals surface area contributed by atoms with Crippen LogP contribution in [0, 0.1) is 5.41 Å². The molecule has 0 fully saturated rings. The van der Waals surface area contributed by atoms with Crippen molar-refractivity contribution in [2.75, 3.05) is 26.7 Å². The number of carbonyl (C=O) groups excluding carboxylic acids is 1. The van der Waals surface area contributed by atoms with Crippen LogP contribution in [-0.4, -0.2) is 37.8 Å². The molecule has 0 aliphatic carbocycles. The fourth-order valence-corrected chi connectivity index (χ4v) is 1.14. The van der Waals surface area contributed by atoms with Gasteiger partial charge in [0.25, 0.3) is 0 Å². The number of rotatable bonds is 7. The second-order valence-electron chi connectivity index (χ2n) is 4.24. The van der Waals surface area contributed by atoms with E-state index in [0.29, 0.717) is 13.0 Å². The molecule has 0 unspecified atom stereocenters. The third kappa shape index (κ3) is 6.86. The van der Waals surface area contributed by atoms with E-state index >= 15 is 0 Å². The van der Waals surface area contributed by atoms with Crippen LogP contribution in [0.1, 0.15) is 26.7 Å². The first-order chi connectivity index (χ1) is 6.52. The molecule has 0 aromatic rings. The van der Waals surface area contributed by atoms with Gasteiger partial charge < -0.3 is 15.7 Å². The number of nitrogens with one attached hydrogen (secondary N) is 2. The van der Waals surface area contributed by atoms with E-state index in [1.807, 2.05) is 0 Å². The molecule has 4 nitrogen and oxygen atoms in total. The monoisotopic (exact) mass is 202 g/mol. The van der Waals surface area contributed by atoms with Crippen molar-refractivity contribution in [1.82, 2.24) is 10.6 Å². The van der Waals surface area contributed by atoms with Crippen molar-refractivity contribution in [3.05, 3.63) is 0 Å². The SMILES string of the molecule is CNC(=O)CCNCC(C)(C)CCO. The largest absolute Gasteiger partial charge is 0.396 e. The maximum Gasteiger partial charge on any atom is 0.221 e. The highest BCUT2D eigenvalue weighted by atomic mass is 16.3. The lowest BCUT2D eigenvalue weighted by Gasteiger charge is -2.23. The summed E-state index contributed by atoms with van der Waals surface area (Å²) in [5.74, 6) is 0.0532. The summed E-state index contributed by atoms with van der Waals surface area (Å²) < 4.78 is 0. The fourth-order valence-electron chi connectivity index (χ4n) is 1.14. The molecule has 14 heavy (non-hydrogen) atoms. The van der Waals surface area contributed by atoms with Crippen LogP contribution in [0.4, 0.5) is 0 Å². The zero-order valence-corrected chi connectivity index (χ0v) is 9.39. The van der Waals surface area contributed by atoms with Crippen molar-refractivity contribution in [1.29, 1.82) is 0 Å². The Morgan fingerprint density at radius 1 is 1.43 bits per heavy atom. The molecular weight excluding hydrogens is 180 g/mol. The van der Waals surface area contributed by atoms with Crippen LogP contribution in [0.15, 0.2) is 0 Å². The maximum absolute atomic E-state index is 10.9. The Bertz CT molecular complexity index is 170. The average molecular weight is 202 g/mol. The molecule has 84 valence electrons. The van der Waals surface area contributed by atoms with Gasteiger partial charge in [0.1, 0.15) is 0 Å². The van der Waals surface area contributed by atoms with Gasteiger partial charge in [-0.2, -0.15) is 0 Å². The van der Waals surface area contributed by atoms with E-state index in [9.17, 15) is 4.79 Å². The van der Waals surface area contributed by atoms with Crippen molar-refractivity contribution in [3.63, 3.8) is 0 Å². The van der Waals surface area contributed by atoms with Crippen molar-refractivity contribution < 1.29 is 9.90 Å². The number of aliphatic hydroxyl groups excluding tert-OH is 1. The summed E-state index contributed by atoms with van der Waals surface area (Å²) in [6, 6.07) is 0. The fraction of sp³-hybridized carbons (Fsp3) is 0.900. The lowest BCUT2D eigenvalue weighted by Crippen LogP contribution is -2.32. The zero-order valence-electron chi connectivity index (χ0n) is 9.39. The van der Waals surface area contributed by atoms with Gasteiger partial charge in [-0.15, -0.1) is 0 Å². The number of aliphatic hydroxyl groups is 1. The van der Waals surface area contributed by atoms with E-state index in [-0.39, 0.29) is 17.9 Å². The van der Waals surface area contributed by atoms with Gasteiger partial charge in [-0.3, -0.25) is 4.79 Å². The van der Waals surface area contributed by atoms with Crippen molar-refractivity contribution in [3.8, 4) is 0 Å². The molecule has 4 heteroatoms. The van der Waals surface area contributed by atoms with Crippen molar-refractivity contribution in [2.45, 2.75) is 26.7 Å². The standard InChI is InChI=1S/C10H22N2O2/c1-10(2,5-7-13)8-12-6-4-9(14)11-3/h12-13H,4-8H2,1-3H3,(H,11,14). The van der Waals surface area contributed by atoms with Gasteiger partial charge in [0, 0.05) is 33.2 Å².